The van der Waals surface area contributed by atoms with E-state index < -0.39 is 10.1 Å². The van der Waals surface area contributed by atoms with E-state index >= 15 is 0 Å². The third-order valence-electron chi connectivity index (χ3n) is 1.84. The maximum absolute atomic E-state index is 11.5. The lowest BCUT2D eigenvalue weighted by Crippen LogP contribution is -2.08. The molecule has 4 nitrogen and oxygen atoms in total. The zero-order chi connectivity index (χ0) is 11.3. The Bertz CT molecular complexity index is 394. The molecule has 0 amide bonds. The van der Waals surface area contributed by atoms with Crippen molar-refractivity contribution in [2.24, 2.45) is 0 Å². The van der Waals surface area contributed by atoms with Crippen molar-refractivity contribution in [1.29, 1.82) is 0 Å². The maximum Gasteiger partial charge on any atom is 0.296 e. The van der Waals surface area contributed by atoms with Gasteiger partial charge < -0.3 is 0 Å². The number of hydrogen-bond donors (Lipinski definition) is 0. The molecule has 0 saturated carbocycles. The van der Waals surface area contributed by atoms with Gasteiger partial charge in [0.05, 0.1) is 18.1 Å². The summed E-state index contributed by atoms with van der Waals surface area (Å²) < 4.78 is 27.7. The second kappa shape index (κ2) is 5.25. The van der Waals surface area contributed by atoms with Crippen LogP contribution in [0.5, 0.6) is 0 Å². The molecule has 0 unspecified atom stereocenters. The van der Waals surface area contributed by atoms with Crippen LogP contribution in [0.2, 0.25) is 0 Å². The monoisotopic (exact) mass is 229 g/mol. The summed E-state index contributed by atoms with van der Waals surface area (Å²) in [4.78, 5) is 0.124. The fourth-order valence-electron chi connectivity index (χ4n) is 1.00. The minimum atomic E-state index is -3.69. The van der Waals surface area contributed by atoms with Gasteiger partial charge in [0.25, 0.3) is 10.1 Å². The molecule has 1 radical (unpaired) electrons. The lowest BCUT2D eigenvalue weighted by Gasteiger charge is -2.04. The Morgan fingerprint density at radius 3 is 2.33 bits per heavy atom. The molecule has 0 bridgehead atoms. The van der Waals surface area contributed by atoms with E-state index in [0.29, 0.717) is 0 Å². The molecule has 15 heavy (non-hydrogen) atoms. The van der Waals surface area contributed by atoms with Gasteiger partial charge in [0.2, 0.25) is 0 Å². The largest absolute Gasteiger partial charge is 0.296 e. The Balaban J connectivity index is 2.73. The number of hydrogen-bond acceptors (Lipinski definition) is 3. The van der Waals surface area contributed by atoms with Crippen LogP contribution in [-0.4, -0.2) is 21.6 Å². The first-order chi connectivity index (χ1) is 7.06. The van der Waals surface area contributed by atoms with Crippen LogP contribution >= 0.6 is 0 Å². The average molecular weight is 229 g/mol. The van der Waals surface area contributed by atoms with Crippen molar-refractivity contribution in [2.45, 2.75) is 18.2 Å². The summed E-state index contributed by atoms with van der Waals surface area (Å²) >= 11 is 0. The fourth-order valence-corrected chi connectivity index (χ4v) is 1.94. The highest BCUT2D eigenvalue weighted by atomic mass is 32.2. The molecule has 0 atom stereocenters. The summed E-state index contributed by atoms with van der Waals surface area (Å²) in [5, 5.41) is 10.1. The third-order valence-corrected chi connectivity index (χ3v) is 3.16. The van der Waals surface area contributed by atoms with Gasteiger partial charge >= 0.3 is 0 Å². The molecule has 1 rings (SSSR count). The van der Waals surface area contributed by atoms with Gasteiger partial charge in [0, 0.05) is 0 Å². The molecule has 83 valence electrons. The first-order valence-electron chi connectivity index (χ1n) is 4.60. The van der Waals surface area contributed by atoms with Crippen LogP contribution in [0.3, 0.4) is 0 Å². The summed E-state index contributed by atoms with van der Waals surface area (Å²) in [6.07, 6.45) is 0.199. The van der Waals surface area contributed by atoms with Gasteiger partial charge in [-0.15, -0.1) is 0 Å². The molecular formula is C10H13O4S. The summed E-state index contributed by atoms with van der Waals surface area (Å²) in [7, 11) is -3.69. The Hall–Kier alpha value is -0.910. The van der Waals surface area contributed by atoms with E-state index in [1.54, 1.807) is 12.1 Å². The highest BCUT2D eigenvalue weighted by molar-refractivity contribution is 7.86. The molecule has 1 aromatic carbocycles. The van der Waals surface area contributed by atoms with Crippen molar-refractivity contribution < 1.29 is 17.7 Å². The number of rotatable bonds is 5. The lowest BCUT2D eigenvalue weighted by molar-refractivity contribution is 0.167. The van der Waals surface area contributed by atoms with Crippen LogP contribution in [0.1, 0.15) is 12.0 Å². The molecule has 0 fully saturated rings. The summed E-state index contributed by atoms with van der Waals surface area (Å²) in [6.45, 7) is 1.48. The highest BCUT2D eigenvalue weighted by Gasteiger charge is 2.13. The van der Waals surface area contributed by atoms with Crippen molar-refractivity contribution in [1.82, 2.24) is 0 Å². The predicted molar refractivity (Wildman–Crippen MR) is 54.5 cm³/mol. The van der Waals surface area contributed by atoms with E-state index in [-0.39, 0.29) is 24.5 Å². The van der Waals surface area contributed by atoms with Gasteiger partial charge in [0.15, 0.2) is 0 Å². The van der Waals surface area contributed by atoms with Gasteiger partial charge in [-0.3, -0.25) is 4.18 Å². The van der Waals surface area contributed by atoms with E-state index in [0.717, 1.165) is 5.56 Å². The van der Waals surface area contributed by atoms with Crippen LogP contribution in [0.4, 0.5) is 0 Å². The van der Waals surface area contributed by atoms with E-state index in [1.807, 2.05) is 6.92 Å². The van der Waals surface area contributed by atoms with Crippen molar-refractivity contribution in [3.63, 3.8) is 0 Å². The van der Waals surface area contributed by atoms with Crippen molar-refractivity contribution in [2.75, 3.05) is 13.2 Å². The van der Waals surface area contributed by atoms with Crippen LogP contribution in [-0.2, 0) is 19.4 Å². The molecule has 0 aliphatic rings. The maximum atomic E-state index is 11.5. The number of benzene rings is 1. The standard InChI is InChI=1S/C10H13O4S/c1-9-3-5-10(6-4-9)15(12,13)14-8-2-7-11/h3-6H,2,7-8H2,1H3. The minimum absolute atomic E-state index is 0.0558. The predicted octanol–water partition coefficient (Wildman–Crippen LogP) is 1.52. The molecule has 0 aromatic heterocycles. The van der Waals surface area contributed by atoms with Crippen molar-refractivity contribution >= 4 is 10.1 Å². The van der Waals surface area contributed by atoms with Crippen LogP contribution < -0.4 is 0 Å². The zero-order valence-corrected chi connectivity index (χ0v) is 9.29. The SMILES string of the molecule is Cc1ccc(S(=O)(=O)OCCC[O])cc1. The smallest absolute Gasteiger partial charge is 0.266 e. The molecule has 1 aromatic rings. The highest BCUT2D eigenvalue weighted by Crippen LogP contribution is 2.13. The van der Waals surface area contributed by atoms with E-state index in [4.69, 9.17) is 0 Å². The first kappa shape index (κ1) is 12.2. The van der Waals surface area contributed by atoms with Crippen LogP contribution in [0, 0.1) is 6.92 Å². The van der Waals surface area contributed by atoms with E-state index in [2.05, 4.69) is 4.18 Å². The molecule has 5 heteroatoms. The van der Waals surface area contributed by atoms with Crippen LogP contribution in [0.15, 0.2) is 29.2 Å². The van der Waals surface area contributed by atoms with Crippen LogP contribution in [0.25, 0.3) is 0 Å². The van der Waals surface area contributed by atoms with Gasteiger partial charge in [0.1, 0.15) is 0 Å². The summed E-state index contributed by atoms with van der Waals surface area (Å²) in [5.74, 6) is 0. The van der Waals surface area contributed by atoms with Crippen molar-refractivity contribution in [3.05, 3.63) is 29.8 Å². The Morgan fingerprint density at radius 2 is 1.80 bits per heavy atom. The number of aryl methyl sites for hydroxylation is 1. The minimum Gasteiger partial charge on any atom is -0.266 e. The quantitative estimate of drug-likeness (QED) is 0.568. The Kier molecular flexibility index (Phi) is 4.26. The average Bonchev–Trinajstić information content (AvgIpc) is 2.18. The molecule has 0 aliphatic heterocycles. The molecule has 0 spiro atoms. The second-order valence-corrected chi connectivity index (χ2v) is 4.76. The molecule has 0 saturated heterocycles. The molecular weight excluding hydrogens is 216 g/mol. The third kappa shape index (κ3) is 3.62. The molecule has 0 aliphatic carbocycles. The summed E-state index contributed by atoms with van der Waals surface area (Å²) in [6, 6.07) is 6.37. The Morgan fingerprint density at radius 1 is 1.20 bits per heavy atom. The van der Waals surface area contributed by atoms with E-state index in [1.165, 1.54) is 12.1 Å². The second-order valence-electron chi connectivity index (χ2n) is 3.15. The van der Waals surface area contributed by atoms with E-state index in [9.17, 15) is 13.5 Å². The fraction of sp³-hybridized carbons (Fsp3) is 0.400. The molecule has 0 N–H and O–H groups in total. The topological polar surface area (TPSA) is 63.3 Å². The van der Waals surface area contributed by atoms with Crippen molar-refractivity contribution in [3.8, 4) is 0 Å². The van der Waals surface area contributed by atoms with Gasteiger partial charge in [-0.2, -0.15) is 8.42 Å². The Labute approximate surface area is 89.6 Å². The van der Waals surface area contributed by atoms with Gasteiger partial charge in [-0.05, 0) is 25.5 Å². The normalized spacial score (nSPS) is 11.6. The molecule has 0 heterocycles. The first-order valence-corrected chi connectivity index (χ1v) is 6.01. The lowest BCUT2D eigenvalue weighted by atomic mass is 10.2. The van der Waals surface area contributed by atoms with Gasteiger partial charge in [-0.25, -0.2) is 5.11 Å². The zero-order valence-electron chi connectivity index (χ0n) is 8.47. The van der Waals surface area contributed by atoms with Gasteiger partial charge in [-0.1, -0.05) is 17.7 Å². The summed E-state index contributed by atoms with van der Waals surface area (Å²) in [5.41, 5.74) is 0.980.